The quantitative estimate of drug-likeness (QED) is 0.848. The Morgan fingerprint density at radius 3 is 3.06 bits per heavy atom. The maximum absolute atomic E-state index is 10.6. The molecule has 1 unspecified atom stereocenters. The van der Waals surface area contributed by atoms with Crippen molar-refractivity contribution in [1.29, 1.82) is 0 Å². The fourth-order valence-corrected chi connectivity index (χ4v) is 3.04. The van der Waals surface area contributed by atoms with Crippen LogP contribution in [0.2, 0.25) is 0 Å². The van der Waals surface area contributed by atoms with Crippen LogP contribution in [0.4, 0.5) is 5.88 Å². The van der Waals surface area contributed by atoms with Crippen molar-refractivity contribution in [2.75, 3.05) is 17.6 Å². The summed E-state index contributed by atoms with van der Waals surface area (Å²) in [4.78, 5) is 10.6. The Bertz CT molecular complexity index is 382. The number of anilines is 1. The van der Waals surface area contributed by atoms with Gasteiger partial charge in [0, 0.05) is 17.4 Å². The van der Waals surface area contributed by atoms with Crippen LogP contribution in [0.15, 0.2) is 16.5 Å². The fraction of sp³-hybridized carbons (Fsp3) is 0.545. The average Bonchev–Trinajstić information content (AvgIpc) is 2.84. The number of thioether (sulfide) groups is 1. The number of carbonyl (C=O) groups is 1. The fourth-order valence-electron chi connectivity index (χ4n) is 1.80. The molecule has 1 saturated heterocycles. The molecule has 88 valence electrons. The molecule has 0 spiro atoms. The van der Waals surface area contributed by atoms with Crippen molar-refractivity contribution in [2.24, 2.45) is 0 Å². The van der Waals surface area contributed by atoms with Crippen LogP contribution in [0.1, 0.15) is 30.3 Å². The molecule has 0 amide bonds. The maximum Gasteiger partial charge on any atom is 0.371 e. The van der Waals surface area contributed by atoms with Gasteiger partial charge >= 0.3 is 5.97 Å². The van der Waals surface area contributed by atoms with Crippen LogP contribution in [0, 0.1) is 0 Å². The number of nitrogens with one attached hydrogen (secondary N) is 1. The van der Waals surface area contributed by atoms with Gasteiger partial charge in [-0.25, -0.2) is 4.79 Å². The molecule has 4 nitrogen and oxygen atoms in total. The van der Waals surface area contributed by atoms with E-state index in [2.05, 4.69) is 12.2 Å². The lowest BCUT2D eigenvalue weighted by atomic mass is 10.1. The predicted molar refractivity (Wildman–Crippen MR) is 64.3 cm³/mol. The standard InChI is InChI=1S/C11H15NO3S/c1-11(5-2-6-16-11)7-12-9-4-3-8(15-9)10(13)14/h3-4,12H,2,5-7H2,1H3,(H,13,14). The van der Waals surface area contributed by atoms with Crippen molar-refractivity contribution < 1.29 is 14.3 Å². The molecule has 1 aromatic heterocycles. The third kappa shape index (κ3) is 2.52. The molecule has 0 aliphatic carbocycles. The molecule has 1 aliphatic rings. The van der Waals surface area contributed by atoms with Crippen molar-refractivity contribution >= 4 is 23.6 Å². The van der Waals surface area contributed by atoms with E-state index in [1.807, 2.05) is 11.8 Å². The average molecular weight is 241 g/mol. The highest BCUT2D eigenvalue weighted by Gasteiger charge is 2.29. The summed E-state index contributed by atoms with van der Waals surface area (Å²) in [5.41, 5.74) is 0. The van der Waals surface area contributed by atoms with Crippen LogP contribution in [-0.2, 0) is 0 Å². The van der Waals surface area contributed by atoms with Crippen molar-refractivity contribution in [3.63, 3.8) is 0 Å². The SMILES string of the molecule is CC1(CNc2ccc(C(=O)O)o2)CCCS1. The van der Waals surface area contributed by atoms with Crippen LogP contribution in [0.3, 0.4) is 0 Å². The molecule has 1 aromatic rings. The molecule has 16 heavy (non-hydrogen) atoms. The lowest BCUT2D eigenvalue weighted by molar-refractivity contribution is 0.0663. The molecule has 1 atom stereocenters. The normalized spacial score (nSPS) is 24.6. The lowest BCUT2D eigenvalue weighted by Gasteiger charge is -2.22. The first-order valence-corrected chi connectivity index (χ1v) is 6.29. The molecule has 1 fully saturated rings. The third-order valence-corrected chi connectivity index (χ3v) is 4.29. The van der Waals surface area contributed by atoms with Gasteiger partial charge in [0.1, 0.15) is 0 Å². The Morgan fingerprint density at radius 1 is 1.69 bits per heavy atom. The predicted octanol–water partition coefficient (Wildman–Crippen LogP) is 2.68. The summed E-state index contributed by atoms with van der Waals surface area (Å²) in [6, 6.07) is 3.13. The van der Waals surface area contributed by atoms with Gasteiger partial charge in [0.2, 0.25) is 5.76 Å². The van der Waals surface area contributed by atoms with Gasteiger partial charge in [-0.2, -0.15) is 11.8 Å². The Balaban J connectivity index is 1.91. The second kappa shape index (κ2) is 4.41. The summed E-state index contributed by atoms with van der Waals surface area (Å²) >= 11 is 1.96. The number of hydrogen-bond donors (Lipinski definition) is 2. The van der Waals surface area contributed by atoms with Gasteiger partial charge in [-0.15, -0.1) is 0 Å². The zero-order chi connectivity index (χ0) is 11.6. The first-order valence-electron chi connectivity index (χ1n) is 5.30. The van der Waals surface area contributed by atoms with E-state index in [9.17, 15) is 4.79 Å². The van der Waals surface area contributed by atoms with Gasteiger partial charge in [0.25, 0.3) is 0 Å². The highest BCUT2D eigenvalue weighted by molar-refractivity contribution is 8.00. The van der Waals surface area contributed by atoms with E-state index < -0.39 is 5.97 Å². The van der Waals surface area contributed by atoms with Gasteiger partial charge in [-0.1, -0.05) is 0 Å². The molecular formula is C11H15NO3S. The van der Waals surface area contributed by atoms with E-state index in [1.165, 1.54) is 24.7 Å². The maximum atomic E-state index is 10.6. The summed E-state index contributed by atoms with van der Waals surface area (Å²) in [5.74, 6) is 0.684. The molecule has 1 aliphatic heterocycles. The minimum Gasteiger partial charge on any atom is -0.475 e. The summed E-state index contributed by atoms with van der Waals surface area (Å²) < 4.78 is 5.38. The number of aromatic carboxylic acids is 1. The monoisotopic (exact) mass is 241 g/mol. The van der Waals surface area contributed by atoms with E-state index >= 15 is 0 Å². The van der Waals surface area contributed by atoms with Crippen molar-refractivity contribution in [3.8, 4) is 0 Å². The van der Waals surface area contributed by atoms with E-state index in [4.69, 9.17) is 9.52 Å². The Morgan fingerprint density at radius 2 is 2.50 bits per heavy atom. The molecular weight excluding hydrogens is 226 g/mol. The molecule has 0 saturated carbocycles. The summed E-state index contributed by atoms with van der Waals surface area (Å²) in [5, 5.41) is 11.9. The largest absolute Gasteiger partial charge is 0.475 e. The molecule has 0 radical (unpaired) electrons. The van der Waals surface area contributed by atoms with Gasteiger partial charge in [-0.05, 0) is 31.6 Å². The van der Waals surface area contributed by atoms with Crippen LogP contribution < -0.4 is 5.32 Å². The smallest absolute Gasteiger partial charge is 0.371 e. The number of hydrogen-bond acceptors (Lipinski definition) is 4. The number of carboxylic acid groups (broad SMARTS) is 1. The Kier molecular flexibility index (Phi) is 3.14. The van der Waals surface area contributed by atoms with Crippen LogP contribution >= 0.6 is 11.8 Å². The molecule has 2 rings (SSSR count). The first kappa shape index (κ1) is 11.4. The number of rotatable bonds is 4. The second-order valence-electron chi connectivity index (χ2n) is 4.22. The van der Waals surface area contributed by atoms with E-state index in [-0.39, 0.29) is 10.5 Å². The number of carboxylic acids is 1. The second-order valence-corrected chi connectivity index (χ2v) is 5.91. The lowest BCUT2D eigenvalue weighted by Crippen LogP contribution is -2.26. The van der Waals surface area contributed by atoms with Gasteiger partial charge in [-0.3, -0.25) is 0 Å². The van der Waals surface area contributed by atoms with Crippen molar-refractivity contribution in [1.82, 2.24) is 0 Å². The summed E-state index contributed by atoms with van der Waals surface area (Å²) in [6.07, 6.45) is 2.44. The van der Waals surface area contributed by atoms with Crippen molar-refractivity contribution in [2.45, 2.75) is 24.5 Å². The van der Waals surface area contributed by atoms with Crippen LogP contribution in [-0.4, -0.2) is 28.1 Å². The molecule has 2 N–H and O–H groups in total. The number of furan rings is 1. The highest BCUT2D eigenvalue weighted by Crippen LogP contribution is 2.37. The van der Waals surface area contributed by atoms with Gasteiger partial charge < -0.3 is 14.8 Å². The van der Waals surface area contributed by atoms with E-state index in [0.717, 1.165) is 6.54 Å². The van der Waals surface area contributed by atoms with E-state index in [1.54, 1.807) is 6.07 Å². The topological polar surface area (TPSA) is 62.5 Å². The first-order chi connectivity index (χ1) is 7.59. The van der Waals surface area contributed by atoms with Crippen LogP contribution in [0.5, 0.6) is 0 Å². The minimum atomic E-state index is -1.03. The summed E-state index contributed by atoms with van der Waals surface area (Å²) in [6.45, 7) is 3.03. The van der Waals surface area contributed by atoms with Gasteiger partial charge in [0.05, 0.1) is 0 Å². The highest BCUT2D eigenvalue weighted by atomic mass is 32.2. The van der Waals surface area contributed by atoms with Crippen molar-refractivity contribution in [3.05, 3.63) is 17.9 Å². The Labute approximate surface area is 98.4 Å². The molecule has 2 heterocycles. The van der Waals surface area contributed by atoms with Gasteiger partial charge in [0.15, 0.2) is 5.88 Å². The van der Waals surface area contributed by atoms with E-state index in [0.29, 0.717) is 5.88 Å². The third-order valence-electron chi connectivity index (χ3n) is 2.75. The zero-order valence-electron chi connectivity index (χ0n) is 9.16. The molecule has 0 bridgehead atoms. The van der Waals surface area contributed by atoms with Crippen LogP contribution in [0.25, 0.3) is 0 Å². The molecule has 5 heteroatoms. The Hall–Kier alpha value is -1.10. The minimum absolute atomic E-state index is 0.0215. The molecule has 0 aromatic carbocycles. The summed E-state index contributed by atoms with van der Waals surface area (Å²) in [7, 11) is 0. The zero-order valence-corrected chi connectivity index (χ0v) is 9.97.